The topological polar surface area (TPSA) is 110 Å². The Labute approximate surface area is 147 Å². The van der Waals surface area contributed by atoms with Crippen molar-refractivity contribution < 1.29 is 19.5 Å². The molecule has 0 aliphatic carbocycles. The largest absolute Gasteiger partial charge is 0.492 e. The van der Waals surface area contributed by atoms with Gasteiger partial charge in [-0.1, -0.05) is 5.16 Å². The molecule has 0 saturated carbocycles. The molecule has 8 heteroatoms. The van der Waals surface area contributed by atoms with Crippen molar-refractivity contribution >= 4 is 11.9 Å². The van der Waals surface area contributed by atoms with Crippen molar-refractivity contribution in [2.45, 2.75) is 39.2 Å². The van der Waals surface area contributed by atoms with Gasteiger partial charge in [0.1, 0.15) is 17.0 Å². The van der Waals surface area contributed by atoms with Gasteiger partial charge >= 0.3 is 6.09 Å². The highest BCUT2D eigenvalue weighted by atomic mass is 16.6. The number of hydrogen-bond donors (Lipinski definition) is 2. The van der Waals surface area contributed by atoms with Crippen LogP contribution < -0.4 is 10.5 Å². The second-order valence-corrected chi connectivity index (χ2v) is 7.09. The van der Waals surface area contributed by atoms with E-state index in [4.69, 9.17) is 20.4 Å². The highest BCUT2D eigenvalue weighted by molar-refractivity contribution is 5.95. The number of carbonyl (C=O) groups is 1. The van der Waals surface area contributed by atoms with Gasteiger partial charge in [0.25, 0.3) is 0 Å². The van der Waals surface area contributed by atoms with Crippen LogP contribution in [0.15, 0.2) is 23.5 Å². The number of amidine groups is 1. The minimum Gasteiger partial charge on any atom is -0.492 e. The number of piperidine rings is 1. The molecule has 2 heterocycles. The predicted molar refractivity (Wildman–Crippen MR) is 92.8 cm³/mol. The van der Waals surface area contributed by atoms with Gasteiger partial charge in [-0.25, -0.2) is 9.78 Å². The Morgan fingerprint density at radius 1 is 1.40 bits per heavy atom. The molecule has 1 aliphatic heterocycles. The summed E-state index contributed by atoms with van der Waals surface area (Å²) in [7, 11) is 0. The molecule has 1 fully saturated rings. The molecular formula is C17H26N4O4. The first-order valence-corrected chi connectivity index (χ1v) is 8.33. The summed E-state index contributed by atoms with van der Waals surface area (Å²) < 4.78 is 11.1. The Hall–Kier alpha value is -2.51. The number of hydrogen-bond acceptors (Lipinski definition) is 6. The number of pyridine rings is 1. The summed E-state index contributed by atoms with van der Waals surface area (Å²) in [5, 5.41) is 11.5. The van der Waals surface area contributed by atoms with Crippen molar-refractivity contribution in [2.75, 3.05) is 19.7 Å². The molecule has 0 spiro atoms. The van der Waals surface area contributed by atoms with E-state index in [9.17, 15) is 4.79 Å². The fourth-order valence-electron chi connectivity index (χ4n) is 2.49. The molecule has 0 bridgehead atoms. The van der Waals surface area contributed by atoms with Gasteiger partial charge in [-0.05, 0) is 51.7 Å². The Balaban J connectivity index is 1.76. The van der Waals surface area contributed by atoms with Crippen molar-refractivity contribution in [1.82, 2.24) is 9.88 Å². The molecule has 138 valence electrons. The van der Waals surface area contributed by atoms with E-state index in [1.807, 2.05) is 20.8 Å². The number of rotatable bonds is 4. The molecule has 1 amide bonds. The molecule has 8 nitrogen and oxygen atoms in total. The zero-order chi connectivity index (χ0) is 18.4. The molecule has 1 saturated heterocycles. The maximum Gasteiger partial charge on any atom is 0.410 e. The fraction of sp³-hybridized carbons (Fsp3) is 0.588. The summed E-state index contributed by atoms with van der Waals surface area (Å²) in [6.45, 7) is 7.50. The number of aromatic nitrogens is 1. The van der Waals surface area contributed by atoms with E-state index in [0.717, 1.165) is 12.8 Å². The predicted octanol–water partition coefficient (Wildman–Crippen LogP) is 2.20. The number of carbonyl (C=O) groups excluding carboxylic acids is 1. The number of nitrogens with two attached hydrogens (primary N) is 1. The third-order valence-electron chi connectivity index (χ3n) is 3.86. The number of amides is 1. The molecule has 25 heavy (non-hydrogen) atoms. The quantitative estimate of drug-likeness (QED) is 0.373. The Morgan fingerprint density at radius 2 is 2.08 bits per heavy atom. The molecule has 0 aromatic carbocycles. The first-order valence-electron chi connectivity index (χ1n) is 8.33. The van der Waals surface area contributed by atoms with Crippen LogP contribution in [-0.4, -0.2) is 52.3 Å². The normalized spacial score (nSPS) is 16.6. The SMILES string of the molecule is CC(C)(C)OC(=O)N1CCC(COc2ccc(C(N)=NO)nc2)CC1. The van der Waals surface area contributed by atoms with E-state index in [-0.39, 0.29) is 11.9 Å². The van der Waals surface area contributed by atoms with Crippen LogP contribution in [0.3, 0.4) is 0 Å². The minimum atomic E-state index is -0.472. The highest BCUT2D eigenvalue weighted by Crippen LogP contribution is 2.21. The number of ether oxygens (including phenoxy) is 2. The smallest absolute Gasteiger partial charge is 0.410 e. The van der Waals surface area contributed by atoms with Gasteiger partial charge in [-0.3, -0.25) is 0 Å². The summed E-state index contributed by atoms with van der Waals surface area (Å²) in [5.41, 5.74) is 5.38. The summed E-state index contributed by atoms with van der Waals surface area (Å²) in [4.78, 5) is 17.9. The van der Waals surface area contributed by atoms with E-state index < -0.39 is 5.60 Å². The van der Waals surface area contributed by atoms with E-state index in [1.54, 1.807) is 23.2 Å². The maximum atomic E-state index is 12.0. The second-order valence-electron chi connectivity index (χ2n) is 7.09. The van der Waals surface area contributed by atoms with Crippen LogP contribution in [0.1, 0.15) is 39.3 Å². The van der Waals surface area contributed by atoms with Gasteiger partial charge < -0.3 is 25.3 Å². The summed E-state index contributed by atoms with van der Waals surface area (Å²) >= 11 is 0. The van der Waals surface area contributed by atoms with Crippen LogP contribution in [0, 0.1) is 5.92 Å². The minimum absolute atomic E-state index is 0.0407. The molecule has 1 aromatic rings. The number of nitrogens with zero attached hydrogens (tertiary/aromatic N) is 3. The van der Waals surface area contributed by atoms with Crippen LogP contribution in [0.5, 0.6) is 5.75 Å². The lowest BCUT2D eigenvalue weighted by molar-refractivity contribution is 0.0165. The van der Waals surface area contributed by atoms with Gasteiger partial charge in [-0.15, -0.1) is 0 Å². The van der Waals surface area contributed by atoms with Crippen LogP contribution in [0.25, 0.3) is 0 Å². The summed E-state index contributed by atoms with van der Waals surface area (Å²) in [5.74, 6) is 0.965. The van der Waals surface area contributed by atoms with Crippen molar-refractivity contribution in [3.8, 4) is 5.75 Å². The van der Waals surface area contributed by atoms with Crippen LogP contribution in [-0.2, 0) is 4.74 Å². The second kappa shape index (κ2) is 8.04. The molecule has 2 rings (SSSR count). The first-order chi connectivity index (χ1) is 11.8. The Kier molecular flexibility index (Phi) is 6.06. The van der Waals surface area contributed by atoms with Gasteiger partial charge in [-0.2, -0.15) is 0 Å². The summed E-state index contributed by atoms with van der Waals surface area (Å²) in [6.07, 6.45) is 3.03. The van der Waals surface area contributed by atoms with Crippen molar-refractivity contribution in [3.05, 3.63) is 24.0 Å². The van der Waals surface area contributed by atoms with Gasteiger partial charge in [0.05, 0.1) is 12.8 Å². The van der Waals surface area contributed by atoms with Crippen molar-refractivity contribution in [3.63, 3.8) is 0 Å². The van der Waals surface area contributed by atoms with Crippen molar-refractivity contribution in [2.24, 2.45) is 16.8 Å². The molecule has 1 aromatic heterocycles. The van der Waals surface area contributed by atoms with E-state index in [1.165, 1.54) is 0 Å². The molecule has 3 N–H and O–H groups in total. The van der Waals surface area contributed by atoms with E-state index in [2.05, 4.69) is 10.1 Å². The molecule has 0 atom stereocenters. The maximum absolute atomic E-state index is 12.0. The molecular weight excluding hydrogens is 324 g/mol. The average Bonchev–Trinajstić information content (AvgIpc) is 2.58. The van der Waals surface area contributed by atoms with E-state index in [0.29, 0.717) is 37.1 Å². The van der Waals surface area contributed by atoms with E-state index >= 15 is 0 Å². The summed E-state index contributed by atoms with van der Waals surface area (Å²) in [6, 6.07) is 3.37. The van der Waals surface area contributed by atoms with Gasteiger partial charge in [0, 0.05) is 13.1 Å². The number of oxime groups is 1. The lowest BCUT2D eigenvalue weighted by atomic mass is 9.98. The average molecular weight is 350 g/mol. The first kappa shape index (κ1) is 18.8. The van der Waals surface area contributed by atoms with Crippen LogP contribution in [0.2, 0.25) is 0 Å². The highest BCUT2D eigenvalue weighted by Gasteiger charge is 2.27. The van der Waals surface area contributed by atoms with Gasteiger partial charge in [0.15, 0.2) is 5.84 Å². The lowest BCUT2D eigenvalue weighted by Gasteiger charge is -2.33. The third kappa shape index (κ3) is 5.81. The fourth-order valence-corrected chi connectivity index (χ4v) is 2.49. The van der Waals surface area contributed by atoms with Crippen molar-refractivity contribution in [1.29, 1.82) is 0 Å². The van der Waals surface area contributed by atoms with Crippen LogP contribution in [0.4, 0.5) is 4.79 Å². The Bertz CT molecular complexity index is 602. The van der Waals surface area contributed by atoms with Crippen LogP contribution >= 0.6 is 0 Å². The zero-order valence-corrected chi connectivity index (χ0v) is 14.9. The standard InChI is InChI=1S/C17H26N4O4/c1-17(2,3)25-16(22)21-8-6-12(7-9-21)11-24-13-4-5-14(19-10-13)15(18)20-23/h4-5,10,12,23H,6-9,11H2,1-3H3,(H2,18,20). The van der Waals surface area contributed by atoms with Gasteiger partial charge in [0.2, 0.25) is 0 Å². The zero-order valence-electron chi connectivity index (χ0n) is 14.9. The number of likely N-dealkylation sites (tertiary alicyclic amines) is 1. The third-order valence-corrected chi connectivity index (χ3v) is 3.86. The molecule has 1 aliphatic rings. The monoisotopic (exact) mass is 350 g/mol. The lowest BCUT2D eigenvalue weighted by Crippen LogP contribution is -2.42. The Morgan fingerprint density at radius 3 is 2.60 bits per heavy atom. The molecule has 0 radical (unpaired) electrons. The molecule has 0 unspecified atom stereocenters.